The second kappa shape index (κ2) is 17.2. The highest BCUT2D eigenvalue weighted by Gasteiger charge is 2.52. The molecular formula is C76H56N2O2. The molecular weight excluding hydrogens is 973 g/mol. The van der Waals surface area contributed by atoms with E-state index in [9.17, 15) is 0 Å². The summed E-state index contributed by atoms with van der Waals surface area (Å²) in [6.45, 7) is 11.3. The maximum atomic E-state index is 7.07. The molecule has 0 saturated heterocycles. The minimum Gasteiger partial charge on any atom is -0.454 e. The van der Waals surface area contributed by atoms with Gasteiger partial charge in [0.05, 0.1) is 16.8 Å². The first-order valence-corrected chi connectivity index (χ1v) is 28.1. The van der Waals surface area contributed by atoms with E-state index in [-0.39, 0.29) is 5.41 Å². The van der Waals surface area contributed by atoms with Crippen LogP contribution in [0.3, 0.4) is 0 Å². The molecule has 12 aromatic carbocycles. The van der Waals surface area contributed by atoms with Gasteiger partial charge in [-0.1, -0.05) is 192 Å². The number of para-hydroxylation sites is 6. The van der Waals surface area contributed by atoms with Gasteiger partial charge in [-0.3, -0.25) is 0 Å². The highest BCUT2D eigenvalue weighted by Crippen LogP contribution is 2.64. The molecule has 0 N–H and O–H groups in total. The zero-order chi connectivity index (χ0) is 53.6. The molecule has 0 fully saturated rings. The molecule has 0 aliphatic heterocycles. The Kier molecular flexibility index (Phi) is 9.98. The Labute approximate surface area is 465 Å². The molecule has 2 aliphatic rings. The van der Waals surface area contributed by atoms with Gasteiger partial charge < -0.3 is 18.6 Å². The van der Waals surface area contributed by atoms with Gasteiger partial charge in [-0.15, -0.1) is 0 Å². The van der Waals surface area contributed by atoms with Gasteiger partial charge in [0.15, 0.2) is 11.2 Å². The normalized spacial score (nSPS) is 13.3. The van der Waals surface area contributed by atoms with Gasteiger partial charge in [-0.25, -0.2) is 0 Å². The van der Waals surface area contributed by atoms with Crippen LogP contribution in [0.25, 0.3) is 87.7 Å². The van der Waals surface area contributed by atoms with Crippen LogP contribution in [0, 0.1) is 0 Å². The number of hydrogen-bond donors (Lipinski definition) is 0. The summed E-state index contributed by atoms with van der Waals surface area (Å²) in [5, 5.41) is 9.23. The molecule has 2 heterocycles. The zero-order valence-corrected chi connectivity index (χ0v) is 45.4. The average Bonchev–Trinajstić information content (AvgIpc) is 4.42. The van der Waals surface area contributed by atoms with Crippen molar-refractivity contribution in [3.63, 3.8) is 0 Å². The number of rotatable bonds is 7. The van der Waals surface area contributed by atoms with Crippen LogP contribution in [-0.2, 0) is 10.8 Å². The SMILES string of the molecule is CC(C)c1cccc2c1oc1c(N(c3ccccc3)c3ccc4cc5c(cc4c3)C3(c4ccccc4-c4ccccc43)c3cc4cc(N(c6ccccc6)c6cccc7c6oc6c(C(C)(C)C)cccc67)ccc4cc3-5)cccc12. The van der Waals surface area contributed by atoms with Crippen molar-refractivity contribution in [2.24, 2.45) is 0 Å². The molecule has 4 heteroatoms. The van der Waals surface area contributed by atoms with Crippen molar-refractivity contribution in [1.29, 1.82) is 0 Å². The van der Waals surface area contributed by atoms with Crippen molar-refractivity contribution in [3.8, 4) is 22.3 Å². The van der Waals surface area contributed by atoms with Crippen LogP contribution >= 0.6 is 0 Å². The molecule has 0 amide bonds. The number of hydrogen-bond acceptors (Lipinski definition) is 4. The van der Waals surface area contributed by atoms with Gasteiger partial charge in [-0.05, 0) is 168 Å². The fourth-order valence-corrected chi connectivity index (χ4v) is 13.9. The number of anilines is 6. The van der Waals surface area contributed by atoms with Crippen LogP contribution in [0.4, 0.5) is 34.1 Å². The van der Waals surface area contributed by atoms with Crippen molar-refractivity contribution < 1.29 is 8.83 Å². The molecule has 14 aromatic rings. The van der Waals surface area contributed by atoms with Gasteiger partial charge in [0.1, 0.15) is 11.2 Å². The largest absolute Gasteiger partial charge is 0.454 e. The van der Waals surface area contributed by atoms with Crippen LogP contribution in [0.1, 0.15) is 73.9 Å². The van der Waals surface area contributed by atoms with Crippen molar-refractivity contribution in [2.45, 2.75) is 51.4 Å². The van der Waals surface area contributed by atoms with E-state index in [1.807, 2.05) is 0 Å². The van der Waals surface area contributed by atoms with E-state index < -0.39 is 5.41 Å². The van der Waals surface area contributed by atoms with Crippen molar-refractivity contribution >= 4 is 99.5 Å². The van der Waals surface area contributed by atoms with E-state index in [2.05, 4.69) is 287 Å². The van der Waals surface area contributed by atoms with Gasteiger partial charge in [-0.2, -0.15) is 0 Å². The van der Waals surface area contributed by atoms with Gasteiger partial charge in [0.2, 0.25) is 0 Å². The standard InChI is InChI=1S/C76H56N2O2/c1-46(2)55-26-16-27-58-60-29-18-34-69(73(60)79-71(55)58)77(51-20-8-6-9-21-51)53-38-36-47-42-62-63-43-48-37-39-54(78(52-22-10-7-11-23-52)70-35-19-30-61-59-28-17-33-66(75(3,4)5)72(59)80-74(61)70)41-50(48)45-68(63)76(67(62)44-49(47)40-53)64-31-14-12-24-56(64)57-25-13-15-32-65(57)76/h6-46H,1-5H3. The van der Waals surface area contributed by atoms with Crippen molar-refractivity contribution in [1.82, 2.24) is 0 Å². The molecule has 0 radical (unpaired) electrons. The molecule has 0 saturated carbocycles. The van der Waals surface area contributed by atoms with E-state index in [1.54, 1.807) is 0 Å². The van der Waals surface area contributed by atoms with E-state index in [4.69, 9.17) is 8.83 Å². The maximum Gasteiger partial charge on any atom is 0.159 e. The summed E-state index contributed by atoms with van der Waals surface area (Å²) in [6, 6.07) is 89.9. The van der Waals surface area contributed by atoms with Crippen LogP contribution < -0.4 is 9.80 Å². The molecule has 1 spiro atoms. The van der Waals surface area contributed by atoms with Crippen LogP contribution in [0.15, 0.2) is 251 Å². The third kappa shape index (κ3) is 6.63. The molecule has 382 valence electrons. The highest BCUT2D eigenvalue weighted by atomic mass is 16.3. The number of benzene rings is 12. The minimum absolute atomic E-state index is 0.0907. The van der Waals surface area contributed by atoms with Crippen LogP contribution in [0.2, 0.25) is 0 Å². The van der Waals surface area contributed by atoms with E-state index in [1.165, 1.54) is 77.2 Å². The minimum atomic E-state index is -0.580. The summed E-state index contributed by atoms with van der Waals surface area (Å²) in [7, 11) is 0. The Morgan fingerprint density at radius 1 is 0.338 bits per heavy atom. The summed E-state index contributed by atoms with van der Waals surface area (Å²) in [5.74, 6) is 0.321. The number of fused-ring (bicyclic) bond motifs is 18. The molecule has 2 aromatic heterocycles. The van der Waals surface area contributed by atoms with Gasteiger partial charge in [0.25, 0.3) is 0 Å². The predicted octanol–water partition coefficient (Wildman–Crippen LogP) is 21.5. The lowest BCUT2D eigenvalue weighted by Crippen LogP contribution is -2.25. The molecule has 0 unspecified atom stereocenters. The third-order valence-corrected chi connectivity index (χ3v) is 17.5. The monoisotopic (exact) mass is 1030 g/mol. The number of nitrogens with zero attached hydrogens (tertiary/aromatic N) is 2. The quantitative estimate of drug-likeness (QED) is 0.159. The Bertz CT molecular complexity index is 4820. The lowest BCUT2D eigenvalue weighted by Gasteiger charge is -2.31. The van der Waals surface area contributed by atoms with Crippen LogP contribution in [0.5, 0.6) is 0 Å². The van der Waals surface area contributed by atoms with E-state index in [0.717, 1.165) is 78.0 Å². The Hall–Kier alpha value is -9.64. The van der Waals surface area contributed by atoms with E-state index >= 15 is 0 Å². The van der Waals surface area contributed by atoms with Crippen molar-refractivity contribution in [2.75, 3.05) is 9.80 Å². The second-order valence-electron chi connectivity index (χ2n) is 23.4. The molecule has 80 heavy (non-hydrogen) atoms. The molecule has 0 atom stereocenters. The highest BCUT2D eigenvalue weighted by molar-refractivity contribution is 6.13. The first-order valence-electron chi connectivity index (χ1n) is 28.1. The molecule has 2 aliphatic carbocycles. The summed E-state index contributed by atoms with van der Waals surface area (Å²) in [6.07, 6.45) is 0. The van der Waals surface area contributed by atoms with Gasteiger partial charge in [0, 0.05) is 49.9 Å². The molecule has 16 rings (SSSR count). The predicted molar refractivity (Wildman–Crippen MR) is 334 cm³/mol. The number of furan rings is 2. The topological polar surface area (TPSA) is 32.8 Å². The fraction of sp³-hybridized carbons (Fsp3) is 0.105. The lowest BCUT2D eigenvalue weighted by atomic mass is 9.70. The Morgan fingerprint density at radius 3 is 1.27 bits per heavy atom. The molecule has 0 bridgehead atoms. The van der Waals surface area contributed by atoms with Crippen molar-refractivity contribution in [3.05, 3.63) is 276 Å². The molecule has 4 nitrogen and oxygen atoms in total. The maximum absolute atomic E-state index is 7.07. The van der Waals surface area contributed by atoms with Crippen LogP contribution in [-0.4, -0.2) is 0 Å². The summed E-state index contributed by atoms with van der Waals surface area (Å²) in [5.41, 5.74) is 22.0. The summed E-state index contributed by atoms with van der Waals surface area (Å²) in [4.78, 5) is 4.75. The third-order valence-electron chi connectivity index (χ3n) is 17.5. The van der Waals surface area contributed by atoms with E-state index in [0.29, 0.717) is 5.92 Å². The van der Waals surface area contributed by atoms with Gasteiger partial charge >= 0.3 is 0 Å². The summed E-state index contributed by atoms with van der Waals surface area (Å²) >= 11 is 0. The first kappa shape index (κ1) is 46.5. The first-order chi connectivity index (χ1) is 39.1. The average molecular weight is 1030 g/mol. The fourth-order valence-electron chi connectivity index (χ4n) is 13.9. The Balaban J connectivity index is 0.906. The lowest BCUT2D eigenvalue weighted by molar-refractivity contribution is 0.573. The second-order valence-corrected chi connectivity index (χ2v) is 23.4. The smallest absolute Gasteiger partial charge is 0.159 e. The Morgan fingerprint density at radius 2 is 0.775 bits per heavy atom. The zero-order valence-electron chi connectivity index (χ0n) is 45.4. The summed E-state index contributed by atoms with van der Waals surface area (Å²) < 4.78 is 14.1.